The maximum atomic E-state index is 12.4. The second kappa shape index (κ2) is 7.43. The van der Waals surface area contributed by atoms with Crippen LogP contribution in [0.3, 0.4) is 0 Å². The number of nitrogens with zero attached hydrogens (tertiary/aromatic N) is 2. The number of carbonyl (C=O) groups excluding carboxylic acids is 1. The van der Waals surface area contributed by atoms with E-state index in [0.717, 1.165) is 4.31 Å². The number of aromatic nitrogens is 1. The first-order valence-corrected chi connectivity index (χ1v) is 8.02. The van der Waals surface area contributed by atoms with E-state index in [0.29, 0.717) is 0 Å². The van der Waals surface area contributed by atoms with Crippen LogP contribution < -0.4 is 5.73 Å². The molecule has 0 radical (unpaired) electrons. The lowest BCUT2D eigenvalue weighted by atomic mass is 10.3. The highest BCUT2D eigenvalue weighted by molar-refractivity contribution is 7.89. The predicted octanol–water partition coefficient (Wildman–Crippen LogP) is 0.290. The number of hydrogen-bond acceptors (Lipinski definition) is 6. The van der Waals surface area contributed by atoms with Gasteiger partial charge >= 0.3 is 5.97 Å². The van der Waals surface area contributed by atoms with Gasteiger partial charge < -0.3 is 10.5 Å². The molecule has 0 bridgehead atoms. The molecule has 2 N–H and O–H groups in total. The van der Waals surface area contributed by atoms with Crippen LogP contribution in [-0.2, 0) is 19.6 Å². The molecule has 0 aromatic carbocycles. The number of hydrogen-bond donors (Lipinski definition) is 1. The van der Waals surface area contributed by atoms with Gasteiger partial charge in [-0.25, -0.2) is 12.7 Å². The summed E-state index contributed by atoms with van der Waals surface area (Å²) in [6.45, 7) is 1.93. The number of sulfonamides is 1. The van der Waals surface area contributed by atoms with Crippen molar-refractivity contribution in [1.29, 1.82) is 0 Å². The fraction of sp³-hybridized carbons (Fsp3) is 0.417. The molecule has 0 aliphatic rings. The Balaban J connectivity index is 2.95. The zero-order chi connectivity index (χ0) is 16.0. The fourth-order valence-electron chi connectivity index (χ4n) is 1.55. The molecule has 0 aliphatic carbocycles. The van der Waals surface area contributed by atoms with Crippen molar-refractivity contribution >= 4 is 33.2 Å². The van der Waals surface area contributed by atoms with Gasteiger partial charge in [0.25, 0.3) is 0 Å². The van der Waals surface area contributed by atoms with E-state index in [-0.39, 0.29) is 35.2 Å². The number of thiocarbonyl (C=S) groups is 1. The van der Waals surface area contributed by atoms with Gasteiger partial charge in [0.05, 0.1) is 13.0 Å². The summed E-state index contributed by atoms with van der Waals surface area (Å²) >= 11 is 4.80. The number of carbonyl (C=O) groups is 1. The Morgan fingerprint density at radius 2 is 2.19 bits per heavy atom. The lowest BCUT2D eigenvalue weighted by molar-refractivity contribution is -0.143. The van der Waals surface area contributed by atoms with Gasteiger partial charge in [0.1, 0.15) is 15.6 Å². The van der Waals surface area contributed by atoms with E-state index in [1.54, 1.807) is 6.92 Å². The van der Waals surface area contributed by atoms with Gasteiger partial charge in [-0.05, 0) is 19.1 Å². The summed E-state index contributed by atoms with van der Waals surface area (Å²) in [5.41, 5.74) is 5.52. The second-order valence-electron chi connectivity index (χ2n) is 4.10. The quantitative estimate of drug-likeness (QED) is 0.566. The molecule has 0 saturated heterocycles. The van der Waals surface area contributed by atoms with Gasteiger partial charge in [-0.2, -0.15) is 0 Å². The van der Waals surface area contributed by atoms with Gasteiger partial charge in [0.15, 0.2) is 0 Å². The number of ether oxygens (including phenoxy) is 1. The Bertz CT molecular complexity index is 631. The Kier molecular flexibility index (Phi) is 6.19. The van der Waals surface area contributed by atoms with Crippen molar-refractivity contribution in [1.82, 2.24) is 9.29 Å². The Labute approximate surface area is 129 Å². The molecule has 1 rings (SSSR count). The molecule has 0 spiro atoms. The molecule has 0 atom stereocenters. The van der Waals surface area contributed by atoms with Crippen LogP contribution in [0.4, 0.5) is 0 Å². The van der Waals surface area contributed by atoms with Crippen LogP contribution in [0, 0.1) is 0 Å². The molecule has 1 aromatic rings. The van der Waals surface area contributed by atoms with Crippen LogP contribution in [0.5, 0.6) is 0 Å². The van der Waals surface area contributed by atoms with Crippen LogP contribution in [-0.4, -0.2) is 48.9 Å². The zero-order valence-corrected chi connectivity index (χ0v) is 13.4. The molecule has 0 fully saturated rings. The van der Waals surface area contributed by atoms with Crippen LogP contribution in [0.1, 0.15) is 19.0 Å². The molecule has 0 amide bonds. The highest BCUT2D eigenvalue weighted by atomic mass is 32.2. The normalized spacial score (nSPS) is 11.4. The fourth-order valence-corrected chi connectivity index (χ4v) is 3.11. The van der Waals surface area contributed by atoms with Crippen LogP contribution >= 0.6 is 12.2 Å². The number of rotatable bonds is 7. The van der Waals surface area contributed by atoms with Crippen molar-refractivity contribution in [3.8, 4) is 0 Å². The highest BCUT2D eigenvalue weighted by Gasteiger charge is 2.25. The molecule has 21 heavy (non-hydrogen) atoms. The van der Waals surface area contributed by atoms with Crippen molar-refractivity contribution in [3.05, 3.63) is 24.0 Å². The first-order valence-electron chi connectivity index (χ1n) is 6.17. The van der Waals surface area contributed by atoms with Crippen molar-refractivity contribution in [2.24, 2.45) is 5.73 Å². The molecule has 1 heterocycles. The van der Waals surface area contributed by atoms with E-state index < -0.39 is 16.0 Å². The topological polar surface area (TPSA) is 103 Å². The predicted molar refractivity (Wildman–Crippen MR) is 81.2 cm³/mol. The summed E-state index contributed by atoms with van der Waals surface area (Å²) in [7, 11) is -2.46. The largest absolute Gasteiger partial charge is 0.466 e. The van der Waals surface area contributed by atoms with Crippen LogP contribution in [0.25, 0.3) is 0 Å². The summed E-state index contributed by atoms with van der Waals surface area (Å²) in [5.74, 6) is -0.458. The first kappa shape index (κ1) is 17.5. The van der Waals surface area contributed by atoms with Crippen LogP contribution in [0.15, 0.2) is 23.2 Å². The Morgan fingerprint density at radius 3 is 2.76 bits per heavy atom. The minimum atomic E-state index is -3.83. The SMILES string of the molecule is CCOC(=O)CCN(C)S(=O)(=O)c1cccnc1C(N)=S. The summed E-state index contributed by atoms with van der Waals surface area (Å²) in [6, 6.07) is 2.85. The number of pyridine rings is 1. The average Bonchev–Trinajstić information content (AvgIpc) is 2.44. The van der Waals surface area contributed by atoms with Crippen molar-refractivity contribution < 1.29 is 17.9 Å². The van der Waals surface area contributed by atoms with Gasteiger partial charge in [-0.15, -0.1) is 0 Å². The molecule has 9 heteroatoms. The summed E-state index contributed by atoms with van der Waals surface area (Å²) in [5, 5.41) is 0. The molecule has 0 aliphatic heterocycles. The van der Waals surface area contributed by atoms with E-state index in [9.17, 15) is 13.2 Å². The summed E-state index contributed by atoms with van der Waals surface area (Å²) < 4.78 is 30.7. The third kappa shape index (κ3) is 4.45. The zero-order valence-electron chi connectivity index (χ0n) is 11.8. The van der Waals surface area contributed by atoms with Gasteiger partial charge in [0.2, 0.25) is 10.0 Å². The number of nitrogens with two attached hydrogens (primary N) is 1. The molecule has 0 unspecified atom stereocenters. The summed E-state index contributed by atoms with van der Waals surface area (Å²) in [4.78, 5) is 15.0. The van der Waals surface area contributed by atoms with Crippen molar-refractivity contribution in [2.75, 3.05) is 20.2 Å². The van der Waals surface area contributed by atoms with E-state index in [2.05, 4.69) is 4.98 Å². The van der Waals surface area contributed by atoms with Crippen molar-refractivity contribution in [3.63, 3.8) is 0 Å². The molecule has 0 saturated carbocycles. The molecule has 116 valence electrons. The Morgan fingerprint density at radius 1 is 1.52 bits per heavy atom. The minimum absolute atomic E-state index is 0.00711. The third-order valence-electron chi connectivity index (χ3n) is 2.63. The molecule has 1 aromatic heterocycles. The van der Waals surface area contributed by atoms with E-state index >= 15 is 0 Å². The highest BCUT2D eigenvalue weighted by Crippen LogP contribution is 2.17. The monoisotopic (exact) mass is 331 g/mol. The maximum absolute atomic E-state index is 12.4. The second-order valence-corrected chi connectivity index (χ2v) is 6.55. The molecule has 7 nitrogen and oxygen atoms in total. The van der Waals surface area contributed by atoms with E-state index in [1.807, 2.05) is 0 Å². The smallest absolute Gasteiger partial charge is 0.307 e. The first-order chi connectivity index (χ1) is 9.80. The average molecular weight is 331 g/mol. The summed E-state index contributed by atoms with van der Waals surface area (Å²) in [6.07, 6.45) is 1.37. The minimum Gasteiger partial charge on any atom is -0.466 e. The lowest BCUT2D eigenvalue weighted by Crippen LogP contribution is -2.31. The Hall–Kier alpha value is -1.58. The third-order valence-corrected chi connectivity index (χ3v) is 4.71. The number of esters is 1. The van der Waals surface area contributed by atoms with E-state index in [4.69, 9.17) is 22.7 Å². The van der Waals surface area contributed by atoms with Gasteiger partial charge in [-0.1, -0.05) is 12.2 Å². The molecular formula is C12H17N3O4S2. The maximum Gasteiger partial charge on any atom is 0.307 e. The molecular weight excluding hydrogens is 314 g/mol. The van der Waals surface area contributed by atoms with Gasteiger partial charge in [-0.3, -0.25) is 9.78 Å². The standard InChI is InChI=1S/C12H17N3O4S2/c1-3-19-10(16)6-8-15(2)21(17,18)9-5-4-7-14-11(9)12(13)20/h4-5,7H,3,6,8H2,1-2H3,(H2,13,20). The van der Waals surface area contributed by atoms with Crippen molar-refractivity contribution in [2.45, 2.75) is 18.2 Å². The van der Waals surface area contributed by atoms with Gasteiger partial charge in [0, 0.05) is 19.8 Å². The van der Waals surface area contributed by atoms with Crippen LogP contribution in [0.2, 0.25) is 0 Å². The van der Waals surface area contributed by atoms with E-state index in [1.165, 1.54) is 25.4 Å². The lowest BCUT2D eigenvalue weighted by Gasteiger charge is -2.18.